The van der Waals surface area contributed by atoms with Crippen molar-refractivity contribution in [2.45, 2.75) is 84.2 Å². The van der Waals surface area contributed by atoms with Gasteiger partial charge in [-0.3, -0.25) is 0 Å². The van der Waals surface area contributed by atoms with Crippen LogP contribution in [0.25, 0.3) is 11.1 Å². The second kappa shape index (κ2) is 13.1. The van der Waals surface area contributed by atoms with Gasteiger partial charge in [-0.1, -0.05) is 81.9 Å². The van der Waals surface area contributed by atoms with Gasteiger partial charge in [0.25, 0.3) is 0 Å². The molecule has 0 aliphatic rings. The summed E-state index contributed by atoms with van der Waals surface area (Å²) in [5, 5.41) is 18.0. The lowest BCUT2D eigenvalue weighted by Gasteiger charge is -2.10. The highest BCUT2D eigenvalue weighted by atomic mass is 16.3. The quantitative estimate of drug-likeness (QED) is 0.388. The second-order valence-corrected chi connectivity index (χ2v) is 7.52. The predicted octanol–water partition coefficient (Wildman–Crippen LogP) is 5.95. The monoisotopic (exact) mass is 378 g/mol. The first kappa shape index (κ1) is 22.1. The Labute approximate surface area is 170 Å². The zero-order valence-corrected chi connectivity index (χ0v) is 17.5. The van der Waals surface area contributed by atoms with Gasteiger partial charge in [0, 0.05) is 17.5 Å². The maximum absolute atomic E-state index is 9.44. The Hall–Kier alpha value is -2.18. The first-order valence-corrected chi connectivity index (χ1v) is 10.8. The van der Waals surface area contributed by atoms with Crippen LogP contribution in [-0.4, -0.2) is 21.4 Å². The van der Waals surface area contributed by atoms with Gasteiger partial charge in [-0.15, -0.1) is 0 Å². The molecule has 0 saturated heterocycles. The van der Waals surface area contributed by atoms with Crippen LogP contribution in [0.5, 0.6) is 0 Å². The van der Waals surface area contributed by atoms with E-state index in [9.17, 15) is 5.11 Å². The molecular weight excluding hydrogens is 344 g/mol. The van der Waals surface area contributed by atoms with Crippen molar-refractivity contribution in [3.63, 3.8) is 0 Å². The summed E-state index contributed by atoms with van der Waals surface area (Å²) in [5.74, 6) is 6.29. The van der Waals surface area contributed by atoms with E-state index < -0.39 is 6.10 Å². The van der Waals surface area contributed by atoms with Crippen LogP contribution in [0.1, 0.15) is 82.9 Å². The van der Waals surface area contributed by atoms with Gasteiger partial charge in [0.2, 0.25) is 0 Å². The van der Waals surface area contributed by atoms with E-state index in [0.717, 1.165) is 35.2 Å². The number of aryl methyl sites for hydroxylation is 1. The van der Waals surface area contributed by atoms with Crippen molar-refractivity contribution in [1.82, 2.24) is 10.2 Å². The molecule has 3 heteroatoms. The third-order valence-corrected chi connectivity index (χ3v) is 4.90. The van der Waals surface area contributed by atoms with Crippen LogP contribution >= 0.6 is 0 Å². The van der Waals surface area contributed by atoms with E-state index >= 15 is 0 Å². The smallest absolute Gasteiger partial charge is 0.0709 e. The molecule has 2 rings (SSSR count). The van der Waals surface area contributed by atoms with Crippen LogP contribution in [0.3, 0.4) is 0 Å². The molecule has 0 bridgehead atoms. The zero-order chi connectivity index (χ0) is 20.0. The summed E-state index contributed by atoms with van der Waals surface area (Å²) in [6.07, 6.45) is 13.2. The Bertz CT molecular complexity index is 758. The maximum Gasteiger partial charge on any atom is 0.0709 e. The molecular formula is C25H34N2O. The molecule has 1 atom stereocenters. The molecule has 28 heavy (non-hydrogen) atoms. The van der Waals surface area contributed by atoms with E-state index in [1.54, 1.807) is 13.1 Å². The minimum absolute atomic E-state index is 0.403. The van der Waals surface area contributed by atoms with Gasteiger partial charge in [-0.25, -0.2) is 0 Å². The van der Waals surface area contributed by atoms with E-state index in [0.29, 0.717) is 6.42 Å². The summed E-state index contributed by atoms with van der Waals surface area (Å²) in [6.45, 7) is 4.02. The molecule has 0 amide bonds. The Morgan fingerprint density at radius 2 is 1.64 bits per heavy atom. The number of benzene rings is 1. The van der Waals surface area contributed by atoms with Crippen molar-refractivity contribution in [3.05, 3.63) is 47.8 Å². The van der Waals surface area contributed by atoms with E-state index in [1.165, 1.54) is 44.9 Å². The van der Waals surface area contributed by atoms with E-state index in [4.69, 9.17) is 0 Å². The van der Waals surface area contributed by atoms with Gasteiger partial charge in [0.15, 0.2) is 0 Å². The standard InChI is InChI=1S/C25H34N2O/c1-3-4-5-6-7-8-9-10-18-25-24(19-20-26-27-25)23-17-12-11-15-22(23)16-13-14-21(2)28/h11-12,15,17,19-21,28H,3-10,14,18H2,1-2H3. The number of aliphatic hydroxyl groups is 1. The molecule has 0 fully saturated rings. The van der Waals surface area contributed by atoms with Crippen molar-refractivity contribution in [3.8, 4) is 23.0 Å². The normalized spacial score (nSPS) is 11.7. The molecule has 0 saturated carbocycles. The molecule has 2 aromatic rings. The highest BCUT2D eigenvalue weighted by molar-refractivity contribution is 5.72. The summed E-state index contributed by atoms with van der Waals surface area (Å²) in [5.41, 5.74) is 4.26. The third kappa shape index (κ3) is 7.82. The van der Waals surface area contributed by atoms with Gasteiger partial charge < -0.3 is 5.11 Å². The zero-order valence-electron chi connectivity index (χ0n) is 17.5. The molecule has 0 aliphatic carbocycles. The molecule has 3 nitrogen and oxygen atoms in total. The van der Waals surface area contributed by atoms with Crippen LogP contribution in [0.15, 0.2) is 36.5 Å². The van der Waals surface area contributed by atoms with E-state index in [2.05, 4.69) is 35.0 Å². The van der Waals surface area contributed by atoms with Crippen LogP contribution in [0, 0.1) is 11.8 Å². The van der Waals surface area contributed by atoms with E-state index in [1.807, 2.05) is 24.3 Å². The Kier molecular flexibility index (Phi) is 10.3. The van der Waals surface area contributed by atoms with Gasteiger partial charge in [0.1, 0.15) is 0 Å². The fraction of sp³-hybridized carbons (Fsp3) is 0.520. The van der Waals surface area contributed by atoms with Gasteiger partial charge in [0.05, 0.1) is 18.0 Å². The molecule has 0 spiro atoms. The van der Waals surface area contributed by atoms with Crippen molar-refractivity contribution >= 4 is 0 Å². The Balaban J connectivity index is 1.99. The van der Waals surface area contributed by atoms with Gasteiger partial charge in [-0.2, -0.15) is 10.2 Å². The molecule has 0 aliphatic heterocycles. The van der Waals surface area contributed by atoms with Gasteiger partial charge >= 0.3 is 0 Å². The number of hydrogen-bond acceptors (Lipinski definition) is 3. The number of unbranched alkanes of at least 4 members (excludes halogenated alkanes) is 7. The highest BCUT2D eigenvalue weighted by Gasteiger charge is 2.10. The summed E-state index contributed by atoms with van der Waals surface area (Å²) in [6, 6.07) is 10.2. The summed E-state index contributed by atoms with van der Waals surface area (Å²) in [7, 11) is 0. The number of hydrogen-bond donors (Lipinski definition) is 1. The molecule has 150 valence electrons. The fourth-order valence-electron chi connectivity index (χ4n) is 3.34. The largest absolute Gasteiger partial charge is 0.392 e. The summed E-state index contributed by atoms with van der Waals surface area (Å²) < 4.78 is 0. The first-order chi connectivity index (χ1) is 13.7. The molecule has 0 radical (unpaired) electrons. The maximum atomic E-state index is 9.44. The van der Waals surface area contributed by atoms with Crippen molar-refractivity contribution < 1.29 is 5.11 Å². The number of nitrogens with zero attached hydrogens (tertiary/aromatic N) is 2. The van der Waals surface area contributed by atoms with E-state index in [-0.39, 0.29) is 0 Å². The van der Waals surface area contributed by atoms with Crippen molar-refractivity contribution in [1.29, 1.82) is 0 Å². The summed E-state index contributed by atoms with van der Waals surface area (Å²) in [4.78, 5) is 0. The molecule has 1 aromatic carbocycles. The second-order valence-electron chi connectivity index (χ2n) is 7.52. The van der Waals surface area contributed by atoms with Crippen LogP contribution in [0.4, 0.5) is 0 Å². The van der Waals surface area contributed by atoms with Crippen LogP contribution in [-0.2, 0) is 6.42 Å². The molecule has 1 N–H and O–H groups in total. The minimum Gasteiger partial charge on any atom is -0.392 e. The van der Waals surface area contributed by atoms with Crippen molar-refractivity contribution in [2.75, 3.05) is 0 Å². The lowest BCUT2D eigenvalue weighted by molar-refractivity contribution is 0.201. The van der Waals surface area contributed by atoms with Crippen LogP contribution < -0.4 is 0 Å². The van der Waals surface area contributed by atoms with Gasteiger partial charge in [-0.05, 0) is 37.5 Å². The average Bonchev–Trinajstić information content (AvgIpc) is 2.70. The molecule has 1 aromatic heterocycles. The fourth-order valence-corrected chi connectivity index (χ4v) is 3.34. The predicted molar refractivity (Wildman–Crippen MR) is 117 cm³/mol. The Morgan fingerprint density at radius 1 is 0.929 bits per heavy atom. The topological polar surface area (TPSA) is 46.0 Å². The molecule has 1 unspecified atom stereocenters. The molecule has 1 heterocycles. The average molecular weight is 379 g/mol. The lowest BCUT2D eigenvalue weighted by Crippen LogP contribution is -1.99. The first-order valence-electron chi connectivity index (χ1n) is 10.8. The third-order valence-electron chi connectivity index (χ3n) is 4.90. The Morgan fingerprint density at radius 3 is 2.39 bits per heavy atom. The highest BCUT2D eigenvalue weighted by Crippen LogP contribution is 2.26. The minimum atomic E-state index is -0.403. The SMILES string of the molecule is CCCCCCCCCCc1nnccc1-c1ccccc1C#CCC(C)O. The lowest BCUT2D eigenvalue weighted by atomic mass is 9.96. The summed E-state index contributed by atoms with van der Waals surface area (Å²) >= 11 is 0. The number of aromatic nitrogens is 2. The van der Waals surface area contributed by atoms with Crippen molar-refractivity contribution in [2.24, 2.45) is 0 Å². The number of rotatable bonds is 11. The van der Waals surface area contributed by atoms with Crippen LogP contribution in [0.2, 0.25) is 0 Å². The number of aliphatic hydroxyl groups excluding tert-OH is 1.